The number of aromatic carboxylic acids is 1. The third-order valence-electron chi connectivity index (χ3n) is 4.35. The fourth-order valence-corrected chi connectivity index (χ4v) is 2.97. The van der Waals surface area contributed by atoms with Crippen molar-refractivity contribution >= 4 is 29.5 Å². The van der Waals surface area contributed by atoms with Gasteiger partial charge in [0.15, 0.2) is 0 Å². The van der Waals surface area contributed by atoms with Crippen molar-refractivity contribution in [3.8, 4) is 5.69 Å². The van der Waals surface area contributed by atoms with E-state index >= 15 is 0 Å². The van der Waals surface area contributed by atoms with Gasteiger partial charge in [0.05, 0.1) is 22.5 Å². The number of aromatic nitrogens is 2. The number of carbonyl (C=O) groups is 1. The molecule has 2 heterocycles. The van der Waals surface area contributed by atoms with Gasteiger partial charge < -0.3 is 5.11 Å². The van der Waals surface area contributed by atoms with Crippen LogP contribution in [0.15, 0.2) is 58.3 Å². The van der Waals surface area contributed by atoms with Crippen LogP contribution in [0.25, 0.3) is 17.3 Å². The number of aryl methyl sites for hydroxylation is 1. The minimum absolute atomic E-state index is 0.172. The number of para-hydroxylation sites is 1. The van der Waals surface area contributed by atoms with Gasteiger partial charge in [-0.15, -0.1) is 0 Å². The summed E-state index contributed by atoms with van der Waals surface area (Å²) in [5.41, 5.74) is 4.58. The van der Waals surface area contributed by atoms with Crippen LogP contribution in [0, 0.1) is 6.92 Å². The van der Waals surface area contributed by atoms with Gasteiger partial charge in [-0.05, 0) is 43.3 Å². The summed E-state index contributed by atoms with van der Waals surface area (Å²) in [5, 5.41) is 12.0. The van der Waals surface area contributed by atoms with Gasteiger partial charge in [0.1, 0.15) is 0 Å². The summed E-state index contributed by atoms with van der Waals surface area (Å²) in [4.78, 5) is 28.2. The highest BCUT2D eigenvalue weighted by Crippen LogP contribution is 2.32. The maximum atomic E-state index is 12.8. The molecule has 6 nitrogen and oxygen atoms in total. The summed E-state index contributed by atoms with van der Waals surface area (Å²) in [6, 6.07) is 13.9. The highest BCUT2D eigenvalue weighted by atomic mass is 16.4. The van der Waals surface area contributed by atoms with Crippen molar-refractivity contribution in [2.45, 2.75) is 6.92 Å². The average molecular weight is 345 g/mol. The molecule has 0 bridgehead atoms. The molecular formula is C20H15N3O3. The Labute approximate surface area is 148 Å². The number of hydrogen-bond donors (Lipinski definition) is 2. The lowest BCUT2D eigenvalue weighted by Gasteiger charge is -2.01. The van der Waals surface area contributed by atoms with Crippen LogP contribution in [0.4, 0.5) is 5.69 Å². The van der Waals surface area contributed by atoms with E-state index in [1.165, 1.54) is 16.8 Å². The Balaban J connectivity index is 1.77. The molecule has 1 aliphatic rings. The molecule has 0 amide bonds. The molecule has 0 fully saturated rings. The summed E-state index contributed by atoms with van der Waals surface area (Å²) in [5.74, 6) is -1.00. The zero-order valence-corrected chi connectivity index (χ0v) is 13.9. The quantitative estimate of drug-likeness (QED) is 0.762. The van der Waals surface area contributed by atoms with Crippen molar-refractivity contribution in [3.63, 3.8) is 0 Å². The fourth-order valence-electron chi connectivity index (χ4n) is 2.97. The van der Waals surface area contributed by atoms with E-state index in [0.717, 1.165) is 22.5 Å². The molecule has 1 aliphatic heterocycles. The molecule has 128 valence electrons. The summed E-state index contributed by atoms with van der Waals surface area (Å²) in [7, 11) is 0. The first kappa shape index (κ1) is 15.8. The van der Waals surface area contributed by atoms with Crippen molar-refractivity contribution < 1.29 is 9.90 Å². The van der Waals surface area contributed by atoms with Gasteiger partial charge in [0, 0.05) is 23.0 Å². The molecule has 4 rings (SSSR count). The number of carboxylic acid groups (broad SMARTS) is 1. The molecule has 2 N–H and O–H groups in total. The Kier molecular flexibility index (Phi) is 3.65. The number of H-pyrrole nitrogens is 1. The second-order valence-corrected chi connectivity index (χ2v) is 6.02. The Morgan fingerprint density at radius 3 is 2.62 bits per heavy atom. The fraction of sp³-hybridized carbons (Fsp3) is 0.0500. The van der Waals surface area contributed by atoms with Crippen molar-refractivity contribution in [3.05, 3.63) is 81.3 Å². The van der Waals surface area contributed by atoms with Crippen molar-refractivity contribution in [1.29, 1.82) is 0 Å². The van der Waals surface area contributed by atoms with E-state index in [1.54, 1.807) is 18.3 Å². The zero-order chi connectivity index (χ0) is 18.3. The number of aromatic amines is 1. The van der Waals surface area contributed by atoms with Gasteiger partial charge >= 0.3 is 5.97 Å². The van der Waals surface area contributed by atoms with Gasteiger partial charge in [-0.1, -0.05) is 18.2 Å². The molecule has 0 unspecified atom stereocenters. The highest BCUT2D eigenvalue weighted by Gasteiger charge is 2.15. The Morgan fingerprint density at radius 2 is 1.88 bits per heavy atom. The standard InChI is InChI=1S/C20H15N3O3/c1-12-17(10-14-11-21-18-5-3-2-4-16(14)18)19(24)23(22-12)15-8-6-13(7-9-15)20(25)26/h2-11,22H,1H3,(H,25,26)/b14-10-. The maximum Gasteiger partial charge on any atom is 0.335 e. The van der Waals surface area contributed by atoms with Gasteiger partial charge in [0.2, 0.25) is 0 Å². The van der Waals surface area contributed by atoms with Crippen LogP contribution >= 0.6 is 0 Å². The number of nitrogens with one attached hydrogen (secondary N) is 1. The van der Waals surface area contributed by atoms with Crippen LogP contribution < -0.4 is 5.56 Å². The topological polar surface area (TPSA) is 87.5 Å². The largest absolute Gasteiger partial charge is 0.478 e. The highest BCUT2D eigenvalue weighted by molar-refractivity contribution is 6.21. The number of allylic oxidation sites excluding steroid dienone is 1. The minimum atomic E-state index is -1.00. The third-order valence-corrected chi connectivity index (χ3v) is 4.35. The first-order valence-corrected chi connectivity index (χ1v) is 8.05. The number of hydrogen-bond acceptors (Lipinski definition) is 3. The molecule has 2 aromatic carbocycles. The van der Waals surface area contributed by atoms with Gasteiger partial charge in [-0.25, -0.2) is 9.48 Å². The predicted octanol–water partition coefficient (Wildman–Crippen LogP) is 3.43. The normalized spacial score (nSPS) is 14.0. The summed E-state index contributed by atoms with van der Waals surface area (Å²) in [6.07, 6.45) is 3.58. The molecule has 0 saturated heterocycles. The van der Waals surface area contributed by atoms with E-state index in [1.807, 2.05) is 37.3 Å². The van der Waals surface area contributed by atoms with Crippen molar-refractivity contribution in [1.82, 2.24) is 9.78 Å². The van der Waals surface area contributed by atoms with E-state index in [9.17, 15) is 9.59 Å². The summed E-state index contributed by atoms with van der Waals surface area (Å²) >= 11 is 0. The van der Waals surface area contributed by atoms with Crippen molar-refractivity contribution in [2.24, 2.45) is 4.99 Å². The number of nitrogens with zero attached hydrogens (tertiary/aromatic N) is 2. The van der Waals surface area contributed by atoms with Crippen molar-refractivity contribution in [2.75, 3.05) is 0 Å². The number of benzene rings is 2. The second kappa shape index (κ2) is 6.00. The molecule has 0 spiro atoms. The van der Waals surface area contributed by atoms with E-state index in [0.29, 0.717) is 11.3 Å². The second-order valence-electron chi connectivity index (χ2n) is 6.02. The molecule has 0 aliphatic carbocycles. The van der Waals surface area contributed by atoms with E-state index < -0.39 is 5.97 Å². The molecule has 26 heavy (non-hydrogen) atoms. The number of rotatable bonds is 3. The first-order chi connectivity index (χ1) is 12.5. The Bertz CT molecular complexity index is 1130. The lowest BCUT2D eigenvalue weighted by Crippen LogP contribution is -2.16. The monoisotopic (exact) mass is 345 g/mol. The van der Waals surface area contributed by atoms with Gasteiger partial charge in [-0.3, -0.25) is 14.9 Å². The van der Waals surface area contributed by atoms with Gasteiger partial charge in [0.25, 0.3) is 5.56 Å². The molecule has 0 radical (unpaired) electrons. The third kappa shape index (κ3) is 2.57. The lowest BCUT2D eigenvalue weighted by atomic mass is 10.0. The van der Waals surface area contributed by atoms with E-state index in [4.69, 9.17) is 5.11 Å². The summed E-state index contributed by atoms with van der Waals surface area (Å²) in [6.45, 7) is 1.83. The Hall–Kier alpha value is -3.67. The molecule has 0 saturated carbocycles. The molecule has 3 aromatic rings. The number of fused-ring (bicyclic) bond motifs is 1. The average Bonchev–Trinajstić information content (AvgIpc) is 3.18. The van der Waals surface area contributed by atoms with Crippen LogP contribution in [0.5, 0.6) is 0 Å². The maximum absolute atomic E-state index is 12.8. The van der Waals surface area contributed by atoms with Gasteiger partial charge in [-0.2, -0.15) is 0 Å². The first-order valence-electron chi connectivity index (χ1n) is 8.05. The van der Waals surface area contributed by atoms with Crippen LogP contribution in [0.1, 0.15) is 27.2 Å². The number of aliphatic imine (C=N–C) groups is 1. The molecular weight excluding hydrogens is 330 g/mol. The van der Waals surface area contributed by atoms with Crippen LogP contribution in [0.2, 0.25) is 0 Å². The number of carboxylic acids is 1. The predicted molar refractivity (Wildman–Crippen MR) is 101 cm³/mol. The molecule has 1 aromatic heterocycles. The zero-order valence-electron chi connectivity index (χ0n) is 13.9. The smallest absolute Gasteiger partial charge is 0.335 e. The minimum Gasteiger partial charge on any atom is -0.478 e. The Morgan fingerprint density at radius 1 is 1.15 bits per heavy atom. The lowest BCUT2D eigenvalue weighted by molar-refractivity contribution is 0.0697. The summed E-state index contributed by atoms with van der Waals surface area (Å²) < 4.78 is 1.41. The van der Waals surface area contributed by atoms with E-state index in [2.05, 4.69) is 10.1 Å². The van der Waals surface area contributed by atoms with Crippen LogP contribution in [-0.4, -0.2) is 27.1 Å². The van der Waals surface area contributed by atoms with E-state index in [-0.39, 0.29) is 11.1 Å². The SMILES string of the molecule is Cc1[nH]n(-c2ccc(C(=O)O)cc2)c(=O)c1/C=C1/C=Nc2ccccc21. The molecule has 0 atom stereocenters. The van der Waals surface area contributed by atoms with Crippen LogP contribution in [-0.2, 0) is 0 Å². The molecule has 6 heteroatoms. The van der Waals surface area contributed by atoms with Crippen LogP contribution in [0.3, 0.4) is 0 Å².